The van der Waals surface area contributed by atoms with Crippen molar-refractivity contribution in [3.63, 3.8) is 0 Å². The van der Waals surface area contributed by atoms with Crippen molar-refractivity contribution >= 4 is 0 Å². The first kappa shape index (κ1) is 10.8. The van der Waals surface area contributed by atoms with Gasteiger partial charge >= 0.3 is 5.82 Å². The van der Waals surface area contributed by atoms with Crippen molar-refractivity contribution in [2.24, 2.45) is 5.92 Å². The van der Waals surface area contributed by atoms with Gasteiger partial charge in [0.15, 0.2) is 0 Å². The highest BCUT2D eigenvalue weighted by Crippen LogP contribution is 2.10. The molecule has 0 bridgehead atoms. The molecule has 1 rings (SSSR count). The zero-order valence-corrected chi connectivity index (χ0v) is 8.16. The molecule has 1 aliphatic heterocycles. The minimum atomic E-state index is -0.460. The smallest absolute Gasteiger partial charge is 0.331 e. The fraction of sp³-hybridized carbons (Fsp3) is 0.750. The highest BCUT2D eigenvalue weighted by molar-refractivity contribution is 4.86. The number of hydrogen-bond acceptors (Lipinski definition) is 5. The lowest BCUT2D eigenvalue weighted by Gasteiger charge is -2.06. The van der Waals surface area contributed by atoms with Gasteiger partial charge in [-0.3, -0.25) is 5.32 Å². The molecule has 0 spiro atoms. The van der Waals surface area contributed by atoms with Gasteiger partial charge in [-0.2, -0.15) is 0 Å². The van der Waals surface area contributed by atoms with Crippen LogP contribution in [0, 0.1) is 16.0 Å². The van der Waals surface area contributed by atoms with Gasteiger partial charge in [-0.25, -0.2) is 0 Å². The Morgan fingerprint density at radius 3 is 3.07 bits per heavy atom. The third kappa shape index (κ3) is 3.21. The van der Waals surface area contributed by atoms with Gasteiger partial charge in [0.05, 0.1) is 19.9 Å². The normalized spacial score (nSPS) is 22.1. The predicted molar refractivity (Wildman–Crippen MR) is 51.1 cm³/mol. The van der Waals surface area contributed by atoms with Gasteiger partial charge in [0, 0.05) is 19.1 Å². The fourth-order valence-corrected chi connectivity index (χ4v) is 1.28. The molecule has 1 fully saturated rings. The maximum atomic E-state index is 10.4. The van der Waals surface area contributed by atoms with E-state index in [1.54, 1.807) is 0 Å². The Bertz CT molecular complexity index is 224. The van der Waals surface area contributed by atoms with E-state index in [1.807, 2.05) is 0 Å². The Kier molecular flexibility index (Phi) is 4.18. The molecule has 14 heavy (non-hydrogen) atoms. The highest BCUT2D eigenvalue weighted by atomic mass is 16.6. The molecule has 0 amide bonds. The van der Waals surface area contributed by atoms with Gasteiger partial charge in [0.1, 0.15) is 0 Å². The number of nitrogens with zero attached hydrogens (tertiary/aromatic N) is 1. The first-order chi connectivity index (χ1) is 6.74. The Hall–Kier alpha value is -1.30. The van der Waals surface area contributed by atoms with E-state index in [4.69, 9.17) is 4.74 Å². The first-order valence-corrected chi connectivity index (χ1v) is 4.57. The van der Waals surface area contributed by atoms with Crippen molar-refractivity contribution in [2.75, 3.05) is 26.8 Å². The molecule has 80 valence electrons. The van der Waals surface area contributed by atoms with Crippen molar-refractivity contribution in [2.45, 2.75) is 6.42 Å². The van der Waals surface area contributed by atoms with Gasteiger partial charge in [-0.1, -0.05) is 0 Å². The predicted octanol–water partition coefficient (Wildman–Crippen LogP) is -0.0925. The van der Waals surface area contributed by atoms with Crippen LogP contribution in [-0.2, 0) is 4.74 Å². The number of hydrogen-bond donors (Lipinski definition) is 2. The largest absolute Gasteiger partial charge is 0.384 e. The molecule has 6 heteroatoms. The van der Waals surface area contributed by atoms with Gasteiger partial charge in [0.25, 0.3) is 0 Å². The summed E-state index contributed by atoms with van der Waals surface area (Å²) in [6.45, 7) is 2.26. The molecule has 0 aliphatic carbocycles. The van der Waals surface area contributed by atoms with Crippen LogP contribution in [0.15, 0.2) is 12.0 Å². The van der Waals surface area contributed by atoms with E-state index >= 15 is 0 Å². The lowest BCUT2D eigenvalue weighted by molar-refractivity contribution is -0.431. The van der Waals surface area contributed by atoms with Crippen LogP contribution in [0.5, 0.6) is 0 Å². The molecule has 1 aliphatic rings. The van der Waals surface area contributed by atoms with Crippen molar-refractivity contribution in [1.82, 2.24) is 10.6 Å². The summed E-state index contributed by atoms with van der Waals surface area (Å²) in [6.07, 6.45) is 2.41. The van der Waals surface area contributed by atoms with Gasteiger partial charge in [0.2, 0.25) is 0 Å². The summed E-state index contributed by atoms with van der Waals surface area (Å²) in [5.41, 5.74) is 0. The molecule has 1 saturated heterocycles. The molecule has 1 unspecified atom stereocenters. The van der Waals surface area contributed by atoms with Crippen molar-refractivity contribution in [1.29, 1.82) is 0 Å². The van der Waals surface area contributed by atoms with Crippen molar-refractivity contribution in [3.8, 4) is 0 Å². The van der Waals surface area contributed by atoms with Gasteiger partial charge in [-0.05, 0) is 11.3 Å². The van der Waals surface area contributed by atoms with Crippen molar-refractivity contribution in [3.05, 3.63) is 22.1 Å². The third-order valence-electron chi connectivity index (χ3n) is 2.12. The third-order valence-corrected chi connectivity index (χ3v) is 2.12. The maximum Gasteiger partial charge on any atom is 0.331 e. The molecule has 0 aromatic rings. The summed E-state index contributed by atoms with van der Waals surface area (Å²) in [5, 5.41) is 15.8. The van der Waals surface area contributed by atoms with E-state index in [1.165, 1.54) is 13.2 Å². The Morgan fingerprint density at radius 1 is 1.79 bits per heavy atom. The van der Waals surface area contributed by atoms with Crippen LogP contribution in [0.25, 0.3) is 0 Å². The SMILES string of the molecule is CNC(=CNCC1CCOC1)[N+](=O)[O-]. The molecular formula is C8H15N3O3. The fourth-order valence-electron chi connectivity index (χ4n) is 1.28. The summed E-state index contributed by atoms with van der Waals surface area (Å²) in [7, 11) is 1.52. The molecule has 1 atom stereocenters. The summed E-state index contributed by atoms with van der Waals surface area (Å²) in [5.74, 6) is 0.444. The van der Waals surface area contributed by atoms with Crippen LogP contribution in [0.3, 0.4) is 0 Å². The standard InChI is InChI=1S/C8H15N3O3/c1-9-8(11(12)13)5-10-4-7-2-3-14-6-7/h5,7,9-10H,2-4,6H2,1H3. The summed E-state index contributed by atoms with van der Waals surface area (Å²) in [4.78, 5) is 9.91. The Labute approximate surface area is 82.5 Å². The van der Waals surface area contributed by atoms with Gasteiger partial charge < -0.3 is 20.2 Å². The minimum absolute atomic E-state index is 0.0242. The zero-order valence-electron chi connectivity index (χ0n) is 8.16. The topological polar surface area (TPSA) is 76.4 Å². The van der Waals surface area contributed by atoms with Crippen LogP contribution < -0.4 is 10.6 Å². The highest BCUT2D eigenvalue weighted by Gasteiger charge is 2.14. The number of ether oxygens (including phenoxy) is 1. The second-order valence-corrected chi connectivity index (χ2v) is 3.17. The maximum absolute atomic E-state index is 10.4. The van der Waals surface area contributed by atoms with E-state index in [0.717, 1.165) is 26.2 Å². The van der Waals surface area contributed by atoms with Crippen LogP contribution in [0.4, 0.5) is 0 Å². The molecule has 6 nitrogen and oxygen atoms in total. The summed E-state index contributed by atoms with van der Waals surface area (Å²) >= 11 is 0. The summed E-state index contributed by atoms with van der Waals surface area (Å²) in [6, 6.07) is 0. The number of nitro groups is 1. The van der Waals surface area contributed by atoms with E-state index in [0.29, 0.717) is 5.92 Å². The van der Waals surface area contributed by atoms with E-state index < -0.39 is 4.92 Å². The zero-order chi connectivity index (χ0) is 10.4. The number of rotatable bonds is 5. The molecular weight excluding hydrogens is 186 g/mol. The van der Waals surface area contributed by atoms with Crippen LogP contribution in [-0.4, -0.2) is 31.7 Å². The molecule has 0 aromatic carbocycles. The molecule has 0 radical (unpaired) electrons. The monoisotopic (exact) mass is 201 g/mol. The lowest BCUT2D eigenvalue weighted by atomic mass is 10.1. The number of nitrogens with one attached hydrogen (secondary N) is 2. The van der Waals surface area contributed by atoms with Crippen LogP contribution in [0.2, 0.25) is 0 Å². The first-order valence-electron chi connectivity index (χ1n) is 4.57. The van der Waals surface area contributed by atoms with Crippen molar-refractivity contribution < 1.29 is 9.66 Å². The average molecular weight is 201 g/mol. The summed E-state index contributed by atoms with van der Waals surface area (Å²) < 4.78 is 5.18. The second-order valence-electron chi connectivity index (χ2n) is 3.17. The molecule has 0 aromatic heterocycles. The van der Waals surface area contributed by atoms with Gasteiger partial charge in [-0.15, -0.1) is 0 Å². The lowest BCUT2D eigenvalue weighted by Crippen LogP contribution is -2.23. The minimum Gasteiger partial charge on any atom is -0.384 e. The van der Waals surface area contributed by atoms with Crippen LogP contribution >= 0.6 is 0 Å². The van der Waals surface area contributed by atoms with Crippen LogP contribution in [0.1, 0.15) is 6.42 Å². The van der Waals surface area contributed by atoms with E-state index in [9.17, 15) is 10.1 Å². The molecule has 2 N–H and O–H groups in total. The average Bonchev–Trinajstić information content (AvgIpc) is 2.64. The second kappa shape index (κ2) is 5.43. The molecule has 0 saturated carbocycles. The van der Waals surface area contributed by atoms with E-state index in [-0.39, 0.29) is 5.82 Å². The Balaban J connectivity index is 2.26. The quantitative estimate of drug-likeness (QED) is 0.480. The van der Waals surface area contributed by atoms with E-state index in [2.05, 4.69) is 10.6 Å². The Morgan fingerprint density at radius 2 is 2.57 bits per heavy atom. The molecule has 1 heterocycles.